The Hall–Kier alpha value is -2.29. The smallest absolute Gasteiger partial charge is 0.313 e. The number of nitrogens with zero attached hydrogens (tertiary/aromatic N) is 1. The molecule has 0 bridgehead atoms. The average molecular weight is 283 g/mol. The number of carboxylic acids is 1. The van der Waals surface area contributed by atoms with E-state index in [2.05, 4.69) is 17.0 Å². The van der Waals surface area contributed by atoms with E-state index in [1.165, 1.54) is 0 Å². The highest BCUT2D eigenvalue weighted by molar-refractivity contribution is 5.83. The summed E-state index contributed by atoms with van der Waals surface area (Å²) in [6, 6.07) is 15.9. The molecule has 0 spiro atoms. The number of hydrogen-bond donors (Lipinski definition) is 1. The maximum absolute atomic E-state index is 11.4. The molecule has 2 rings (SSSR count). The van der Waals surface area contributed by atoms with Crippen molar-refractivity contribution in [3.8, 4) is 11.1 Å². The minimum absolute atomic E-state index is 0.807. The first kappa shape index (κ1) is 15.1. The summed E-state index contributed by atoms with van der Waals surface area (Å²) in [6.45, 7) is 3.46. The molecule has 3 heteroatoms. The number of rotatable bonds is 4. The van der Waals surface area contributed by atoms with Gasteiger partial charge in [0.2, 0.25) is 0 Å². The lowest BCUT2D eigenvalue weighted by Crippen LogP contribution is -2.28. The summed E-state index contributed by atoms with van der Waals surface area (Å²) >= 11 is 0. The fourth-order valence-corrected chi connectivity index (χ4v) is 2.31. The minimum atomic E-state index is -0.900. The van der Waals surface area contributed by atoms with Crippen LogP contribution in [0.25, 0.3) is 11.1 Å². The van der Waals surface area contributed by atoms with Crippen molar-refractivity contribution in [2.24, 2.45) is 0 Å². The van der Waals surface area contributed by atoms with Crippen LogP contribution in [0.2, 0.25) is 0 Å². The molecule has 2 aromatic carbocycles. The minimum Gasteiger partial charge on any atom is -0.481 e. The van der Waals surface area contributed by atoms with E-state index in [9.17, 15) is 9.90 Å². The van der Waals surface area contributed by atoms with Crippen molar-refractivity contribution in [2.45, 2.75) is 19.3 Å². The van der Waals surface area contributed by atoms with E-state index in [1.807, 2.05) is 50.5 Å². The van der Waals surface area contributed by atoms with Gasteiger partial charge in [-0.1, -0.05) is 36.4 Å². The zero-order chi connectivity index (χ0) is 15.6. The number of para-hydroxylation sites is 1. The Bertz CT molecular complexity index is 660. The second-order valence-corrected chi connectivity index (χ2v) is 5.92. The molecule has 3 nitrogen and oxygen atoms in total. The molecule has 110 valence electrons. The SMILES string of the molecule is CN(C)c1ccccc1-c1cccc(C(C)(C)C(=O)O)c1. The van der Waals surface area contributed by atoms with Gasteiger partial charge in [0.25, 0.3) is 0 Å². The van der Waals surface area contributed by atoms with Crippen molar-refractivity contribution in [3.63, 3.8) is 0 Å². The Morgan fingerprint density at radius 1 is 1.05 bits per heavy atom. The number of anilines is 1. The molecule has 0 radical (unpaired) electrons. The van der Waals surface area contributed by atoms with Crippen molar-refractivity contribution in [2.75, 3.05) is 19.0 Å². The van der Waals surface area contributed by atoms with Gasteiger partial charge in [0.05, 0.1) is 5.41 Å². The van der Waals surface area contributed by atoms with Gasteiger partial charge < -0.3 is 10.0 Å². The molecule has 0 amide bonds. The molecule has 0 atom stereocenters. The number of carboxylic acid groups (broad SMARTS) is 1. The molecule has 0 saturated heterocycles. The van der Waals surface area contributed by atoms with E-state index in [4.69, 9.17) is 0 Å². The Morgan fingerprint density at radius 2 is 1.71 bits per heavy atom. The van der Waals surface area contributed by atoms with Gasteiger partial charge in [-0.25, -0.2) is 0 Å². The fraction of sp³-hybridized carbons (Fsp3) is 0.278. The highest BCUT2D eigenvalue weighted by Gasteiger charge is 2.29. The first-order chi connectivity index (χ1) is 9.84. The lowest BCUT2D eigenvalue weighted by Gasteiger charge is -2.22. The lowest BCUT2D eigenvalue weighted by atomic mass is 9.83. The van der Waals surface area contributed by atoms with Crippen LogP contribution in [0.1, 0.15) is 19.4 Å². The maximum Gasteiger partial charge on any atom is 0.313 e. The van der Waals surface area contributed by atoms with Gasteiger partial charge in [-0.2, -0.15) is 0 Å². The van der Waals surface area contributed by atoms with Crippen LogP contribution >= 0.6 is 0 Å². The van der Waals surface area contributed by atoms with E-state index in [0.29, 0.717) is 0 Å². The van der Waals surface area contributed by atoms with E-state index < -0.39 is 11.4 Å². The molecule has 0 saturated carbocycles. The summed E-state index contributed by atoms with van der Waals surface area (Å²) < 4.78 is 0. The lowest BCUT2D eigenvalue weighted by molar-refractivity contribution is -0.142. The highest BCUT2D eigenvalue weighted by atomic mass is 16.4. The van der Waals surface area contributed by atoms with E-state index in [1.54, 1.807) is 13.8 Å². The fourth-order valence-electron chi connectivity index (χ4n) is 2.31. The number of benzene rings is 2. The van der Waals surface area contributed by atoms with Crippen molar-refractivity contribution >= 4 is 11.7 Å². The summed E-state index contributed by atoms with van der Waals surface area (Å²) in [5, 5.41) is 9.39. The number of aliphatic carboxylic acids is 1. The predicted octanol–water partition coefficient (Wildman–Crippen LogP) is 3.78. The third-order valence-electron chi connectivity index (χ3n) is 3.82. The van der Waals surface area contributed by atoms with Crippen LogP contribution < -0.4 is 4.90 Å². The largest absolute Gasteiger partial charge is 0.481 e. The zero-order valence-corrected chi connectivity index (χ0v) is 12.9. The molecule has 1 N–H and O–H groups in total. The van der Waals surface area contributed by atoms with Gasteiger partial charge in [0.1, 0.15) is 0 Å². The van der Waals surface area contributed by atoms with Crippen molar-refractivity contribution in [3.05, 3.63) is 54.1 Å². The second-order valence-electron chi connectivity index (χ2n) is 5.92. The van der Waals surface area contributed by atoms with Crippen molar-refractivity contribution in [1.82, 2.24) is 0 Å². The molecule has 2 aromatic rings. The molecule has 0 aromatic heterocycles. The third-order valence-corrected chi connectivity index (χ3v) is 3.82. The van der Waals surface area contributed by atoms with Crippen molar-refractivity contribution in [1.29, 1.82) is 0 Å². The van der Waals surface area contributed by atoms with Gasteiger partial charge in [0.15, 0.2) is 0 Å². The first-order valence-corrected chi connectivity index (χ1v) is 6.94. The molecule has 0 aliphatic rings. The Labute approximate surface area is 125 Å². The normalized spacial score (nSPS) is 11.2. The van der Waals surface area contributed by atoms with E-state index in [0.717, 1.165) is 22.4 Å². The molecule has 0 fully saturated rings. The van der Waals surface area contributed by atoms with Gasteiger partial charge in [-0.15, -0.1) is 0 Å². The van der Waals surface area contributed by atoms with Crippen molar-refractivity contribution < 1.29 is 9.90 Å². The van der Waals surface area contributed by atoms with Crippen LogP contribution in [-0.4, -0.2) is 25.2 Å². The van der Waals surface area contributed by atoms with Crippen LogP contribution in [0.5, 0.6) is 0 Å². The molecular formula is C18H21NO2. The Balaban J connectivity index is 2.55. The Kier molecular flexibility index (Phi) is 4.03. The van der Waals surface area contributed by atoms with Gasteiger partial charge in [0, 0.05) is 25.3 Å². The van der Waals surface area contributed by atoms with Crippen LogP contribution in [-0.2, 0) is 10.2 Å². The maximum atomic E-state index is 11.4. The third kappa shape index (κ3) is 2.92. The average Bonchev–Trinajstić information content (AvgIpc) is 2.47. The summed E-state index contributed by atoms with van der Waals surface area (Å²) in [7, 11) is 4.01. The van der Waals surface area contributed by atoms with E-state index in [-0.39, 0.29) is 0 Å². The molecule has 0 aliphatic heterocycles. The van der Waals surface area contributed by atoms with E-state index >= 15 is 0 Å². The van der Waals surface area contributed by atoms with Crippen LogP contribution in [0.15, 0.2) is 48.5 Å². The van der Waals surface area contributed by atoms with Gasteiger partial charge in [-0.3, -0.25) is 4.79 Å². The predicted molar refractivity (Wildman–Crippen MR) is 86.9 cm³/mol. The second kappa shape index (κ2) is 5.60. The number of hydrogen-bond acceptors (Lipinski definition) is 2. The summed E-state index contributed by atoms with van der Waals surface area (Å²) in [4.78, 5) is 13.5. The van der Waals surface area contributed by atoms with Crippen LogP contribution in [0, 0.1) is 0 Å². The molecule has 0 unspecified atom stereocenters. The van der Waals surface area contributed by atoms with Gasteiger partial charge in [-0.05, 0) is 37.1 Å². The summed E-state index contributed by atoms with van der Waals surface area (Å²) in [5.41, 5.74) is 3.16. The standard InChI is InChI=1S/C18H21NO2/c1-18(2,17(20)21)14-9-7-8-13(12-14)15-10-5-6-11-16(15)19(3)4/h5-12H,1-4H3,(H,20,21). The quantitative estimate of drug-likeness (QED) is 0.928. The molecular weight excluding hydrogens is 262 g/mol. The molecule has 21 heavy (non-hydrogen) atoms. The summed E-state index contributed by atoms with van der Waals surface area (Å²) in [5.74, 6) is -0.819. The topological polar surface area (TPSA) is 40.5 Å². The van der Waals surface area contributed by atoms with Crippen LogP contribution in [0.4, 0.5) is 5.69 Å². The summed E-state index contributed by atoms with van der Waals surface area (Å²) in [6.07, 6.45) is 0. The monoisotopic (exact) mass is 283 g/mol. The highest BCUT2D eigenvalue weighted by Crippen LogP contribution is 2.33. The Morgan fingerprint density at radius 3 is 2.33 bits per heavy atom. The zero-order valence-electron chi connectivity index (χ0n) is 12.9. The van der Waals surface area contributed by atoms with Crippen LogP contribution in [0.3, 0.4) is 0 Å². The molecule has 0 heterocycles. The first-order valence-electron chi connectivity index (χ1n) is 6.94. The number of carbonyl (C=O) groups is 1. The van der Waals surface area contributed by atoms with Gasteiger partial charge >= 0.3 is 5.97 Å². The molecule has 0 aliphatic carbocycles.